The van der Waals surface area contributed by atoms with Gasteiger partial charge >= 0.3 is 0 Å². The second kappa shape index (κ2) is 3.28. The number of hydrogen-bond acceptors (Lipinski definition) is 4. The molecule has 0 saturated heterocycles. The number of nitrogen functional groups attached to an aromatic ring is 1. The van der Waals surface area contributed by atoms with Crippen LogP contribution < -0.4 is 5.73 Å². The lowest BCUT2D eigenvalue weighted by Crippen LogP contribution is -1.98. The van der Waals surface area contributed by atoms with Crippen LogP contribution in [0, 0.1) is 6.92 Å². The topological polar surface area (TPSA) is 51.8 Å². The van der Waals surface area contributed by atoms with E-state index >= 15 is 0 Å². The van der Waals surface area contributed by atoms with E-state index < -0.39 is 0 Å². The van der Waals surface area contributed by atoms with E-state index in [2.05, 4.69) is 9.97 Å². The van der Waals surface area contributed by atoms with Gasteiger partial charge in [-0.05, 0) is 13.2 Å². The van der Waals surface area contributed by atoms with E-state index in [1.54, 1.807) is 6.92 Å². The molecule has 0 aliphatic heterocycles. The van der Waals surface area contributed by atoms with Crippen molar-refractivity contribution in [1.82, 2.24) is 9.97 Å². The fraction of sp³-hybridized carbons (Fsp3) is 0.333. The zero-order valence-electron chi connectivity index (χ0n) is 6.26. The molecule has 0 aliphatic carbocycles. The molecule has 5 heteroatoms. The number of nitrogens with two attached hydrogens (primary N) is 1. The molecule has 11 heavy (non-hydrogen) atoms. The maximum absolute atomic E-state index is 5.86. The average molecular weight is 190 g/mol. The van der Waals surface area contributed by atoms with Crippen molar-refractivity contribution >= 4 is 29.3 Å². The molecule has 0 unspecified atom stereocenters. The van der Waals surface area contributed by atoms with E-state index in [1.165, 1.54) is 11.8 Å². The summed E-state index contributed by atoms with van der Waals surface area (Å²) in [6.07, 6.45) is 1.90. The Balaban J connectivity index is 3.24. The summed E-state index contributed by atoms with van der Waals surface area (Å²) in [7, 11) is 0. The van der Waals surface area contributed by atoms with Crippen molar-refractivity contribution in [3.8, 4) is 0 Å². The Bertz CT molecular complexity index is 277. The van der Waals surface area contributed by atoms with E-state index in [0.29, 0.717) is 5.02 Å². The minimum absolute atomic E-state index is 0.274. The first-order valence-corrected chi connectivity index (χ1v) is 4.59. The first-order valence-electron chi connectivity index (χ1n) is 2.98. The summed E-state index contributed by atoms with van der Waals surface area (Å²) in [5.74, 6) is 0.274. The fourth-order valence-electron chi connectivity index (χ4n) is 0.689. The highest BCUT2D eigenvalue weighted by atomic mass is 35.5. The summed E-state index contributed by atoms with van der Waals surface area (Å²) in [5, 5.41) is 1.32. The van der Waals surface area contributed by atoms with Gasteiger partial charge in [-0.3, -0.25) is 0 Å². The summed E-state index contributed by atoms with van der Waals surface area (Å²) in [4.78, 5) is 7.85. The van der Waals surface area contributed by atoms with E-state index in [1.807, 2.05) is 6.26 Å². The van der Waals surface area contributed by atoms with Gasteiger partial charge in [0.2, 0.25) is 5.95 Å². The van der Waals surface area contributed by atoms with Crippen LogP contribution in [0.2, 0.25) is 5.02 Å². The van der Waals surface area contributed by atoms with E-state index in [-0.39, 0.29) is 5.95 Å². The standard InChI is InChI=1S/C6H8ClN3S/c1-3-4(7)5(11-2)10-6(8)9-3/h1-2H3,(H2,8,9,10). The zero-order chi connectivity index (χ0) is 8.43. The molecule has 0 fully saturated rings. The first-order chi connectivity index (χ1) is 5.15. The van der Waals surface area contributed by atoms with Gasteiger partial charge in [-0.25, -0.2) is 9.97 Å². The quantitative estimate of drug-likeness (QED) is 0.540. The minimum atomic E-state index is 0.274. The van der Waals surface area contributed by atoms with Gasteiger partial charge in [0.25, 0.3) is 0 Å². The number of rotatable bonds is 1. The highest BCUT2D eigenvalue weighted by molar-refractivity contribution is 7.98. The highest BCUT2D eigenvalue weighted by Crippen LogP contribution is 2.25. The molecular weight excluding hydrogens is 182 g/mol. The van der Waals surface area contributed by atoms with Gasteiger partial charge in [-0.1, -0.05) is 11.6 Å². The molecule has 0 saturated carbocycles. The van der Waals surface area contributed by atoms with Crippen LogP contribution in [-0.2, 0) is 0 Å². The maximum Gasteiger partial charge on any atom is 0.221 e. The monoisotopic (exact) mass is 189 g/mol. The van der Waals surface area contributed by atoms with Crippen molar-refractivity contribution in [1.29, 1.82) is 0 Å². The molecule has 0 aromatic carbocycles. The second-order valence-electron chi connectivity index (χ2n) is 1.99. The van der Waals surface area contributed by atoms with Gasteiger partial charge in [0.1, 0.15) is 5.03 Å². The average Bonchev–Trinajstić information content (AvgIpc) is 1.96. The van der Waals surface area contributed by atoms with Gasteiger partial charge in [-0.2, -0.15) is 0 Å². The Labute approximate surface area is 74.4 Å². The smallest absolute Gasteiger partial charge is 0.221 e. The Morgan fingerprint density at radius 1 is 1.45 bits per heavy atom. The number of halogens is 1. The summed E-state index contributed by atoms with van der Waals surface area (Å²) in [6, 6.07) is 0. The van der Waals surface area contributed by atoms with Gasteiger partial charge in [0.05, 0.1) is 10.7 Å². The zero-order valence-corrected chi connectivity index (χ0v) is 7.83. The van der Waals surface area contributed by atoms with Crippen LogP contribution in [0.3, 0.4) is 0 Å². The largest absolute Gasteiger partial charge is 0.368 e. The molecule has 0 atom stereocenters. The maximum atomic E-state index is 5.86. The first kappa shape index (κ1) is 8.62. The lowest BCUT2D eigenvalue weighted by Gasteiger charge is -2.02. The number of thioether (sulfide) groups is 1. The van der Waals surface area contributed by atoms with E-state index in [0.717, 1.165) is 10.7 Å². The fourth-order valence-corrected chi connectivity index (χ4v) is 1.52. The molecule has 0 aliphatic rings. The van der Waals surface area contributed by atoms with Crippen molar-refractivity contribution < 1.29 is 0 Å². The number of aryl methyl sites for hydroxylation is 1. The number of aromatic nitrogens is 2. The Hall–Kier alpha value is -0.480. The lowest BCUT2D eigenvalue weighted by molar-refractivity contribution is 1.03. The van der Waals surface area contributed by atoms with Crippen LogP contribution in [-0.4, -0.2) is 16.2 Å². The van der Waals surface area contributed by atoms with Crippen LogP contribution in [0.25, 0.3) is 0 Å². The summed E-state index contributed by atoms with van der Waals surface area (Å²) >= 11 is 7.32. The number of anilines is 1. The molecule has 60 valence electrons. The molecular formula is C6H8ClN3S. The molecule has 0 bridgehead atoms. The summed E-state index contributed by atoms with van der Waals surface area (Å²) in [5.41, 5.74) is 6.14. The van der Waals surface area contributed by atoms with Gasteiger partial charge in [-0.15, -0.1) is 11.8 Å². The predicted octanol–water partition coefficient (Wildman–Crippen LogP) is 1.74. The van der Waals surface area contributed by atoms with Crippen molar-refractivity contribution in [2.75, 3.05) is 12.0 Å². The Kier molecular flexibility index (Phi) is 2.57. The van der Waals surface area contributed by atoms with E-state index in [9.17, 15) is 0 Å². The third-order valence-electron chi connectivity index (χ3n) is 1.20. The third kappa shape index (κ3) is 1.75. The van der Waals surface area contributed by atoms with Crippen LogP contribution >= 0.6 is 23.4 Å². The summed E-state index contributed by atoms with van der Waals surface area (Å²) < 4.78 is 0. The van der Waals surface area contributed by atoms with Crippen molar-refractivity contribution in [2.45, 2.75) is 11.9 Å². The number of nitrogens with zero attached hydrogens (tertiary/aromatic N) is 2. The van der Waals surface area contributed by atoms with Crippen LogP contribution in [0.15, 0.2) is 5.03 Å². The molecule has 1 heterocycles. The SMILES string of the molecule is CSc1nc(N)nc(C)c1Cl. The molecule has 0 radical (unpaired) electrons. The molecule has 2 N–H and O–H groups in total. The second-order valence-corrected chi connectivity index (χ2v) is 3.16. The van der Waals surface area contributed by atoms with Gasteiger partial charge < -0.3 is 5.73 Å². The van der Waals surface area contributed by atoms with Crippen LogP contribution in [0.1, 0.15) is 5.69 Å². The van der Waals surface area contributed by atoms with Crippen molar-refractivity contribution in [3.05, 3.63) is 10.7 Å². The Morgan fingerprint density at radius 3 is 2.64 bits per heavy atom. The van der Waals surface area contributed by atoms with E-state index in [4.69, 9.17) is 17.3 Å². The predicted molar refractivity (Wildman–Crippen MR) is 48.0 cm³/mol. The van der Waals surface area contributed by atoms with Crippen LogP contribution in [0.5, 0.6) is 0 Å². The molecule has 1 rings (SSSR count). The van der Waals surface area contributed by atoms with Crippen molar-refractivity contribution in [2.24, 2.45) is 0 Å². The molecule has 0 spiro atoms. The summed E-state index contributed by atoms with van der Waals surface area (Å²) in [6.45, 7) is 1.81. The Morgan fingerprint density at radius 2 is 2.09 bits per heavy atom. The minimum Gasteiger partial charge on any atom is -0.368 e. The molecule has 0 amide bonds. The number of hydrogen-bond donors (Lipinski definition) is 1. The normalized spacial score (nSPS) is 10.1. The molecule has 1 aromatic rings. The molecule has 1 aromatic heterocycles. The van der Waals surface area contributed by atoms with Gasteiger partial charge in [0, 0.05) is 0 Å². The van der Waals surface area contributed by atoms with Crippen molar-refractivity contribution in [3.63, 3.8) is 0 Å². The molecule has 3 nitrogen and oxygen atoms in total. The van der Waals surface area contributed by atoms with Gasteiger partial charge in [0.15, 0.2) is 0 Å². The highest BCUT2D eigenvalue weighted by Gasteiger charge is 2.05. The lowest BCUT2D eigenvalue weighted by atomic mass is 10.4. The van der Waals surface area contributed by atoms with Crippen LogP contribution in [0.4, 0.5) is 5.95 Å². The third-order valence-corrected chi connectivity index (χ3v) is 2.44.